The second kappa shape index (κ2) is 9.88. The third-order valence-electron chi connectivity index (χ3n) is 8.13. The maximum absolute atomic E-state index is 5.70. The lowest BCUT2D eigenvalue weighted by Crippen LogP contribution is -2.43. The number of hydrogen-bond acceptors (Lipinski definition) is 1. The Balaban J connectivity index is 2.00. The van der Waals surface area contributed by atoms with Crippen LogP contribution in [0.5, 0.6) is 0 Å². The van der Waals surface area contributed by atoms with Crippen LogP contribution in [0, 0.1) is 35.1 Å². The second-order valence-corrected chi connectivity index (χ2v) is 16.2. The van der Waals surface area contributed by atoms with Crippen molar-refractivity contribution in [3.63, 3.8) is 0 Å². The van der Waals surface area contributed by atoms with E-state index in [0.29, 0.717) is 28.5 Å². The van der Waals surface area contributed by atoms with Gasteiger partial charge in [0.05, 0.1) is 6.61 Å². The van der Waals surface area contributed by atoms with Gasteiger partial charge in [0, 0.05) is 13.0 Å². The predicted molar refractivity (Wildman–Crippen MR) is 133 cm³/mol. The van der Waals surface area contributed by atoms with Crippen molar-refractivity contribution >= 4 is 14.1 Å². The topological polar surface area (TPSA) is 9.23 Å². The van der Waals surface area contributed by atoms with Gasteiger partial charge in [0.15, 0.2) is 0 Å². The van der Waals surface area contributed by atoms with Crippen molar-refractivity contribution in [1.82, 2.24) is 0 Å². The highest BCUT2D eigenvalue weighted by molar-refractivity contribution is 6.90. The molecule has 164 valence electrons. The van der Waals surface area contributed by atoms with E-state index < -0.39 is 8.07 Å². The van der Waals surface area contributed by atoms with Crippen LogP contribution < -0.4 is 0 Å². The first-order valence-electron chi connectivity index (χ1n) is 12.1. The molecule has 3 rings (SSSR count). The van der Waals surface area contributed by atoms with E-state index in [9.17, 15) is 0 Å². The second-order valence-electron chi connectivity index (χ2n) is 10.6. The van der Waals surface area contributed by atoms with Gasteiger partial charge in [-0.25, -0.2) is 0 Å². The van der Waals surface area contributed by atoms with Crippen LogP contribution in [0.25, 0.3) is 6.08 Å². The SMILES string of the molecule is COC/C(=C\c1ccccc1)[C@@H]1[C@H]2CC[C@H](C2)[C@@H]1C#C[Si](C(C)C)(C(C)C)C(C)C. The van der Waals surface area contributed by atoms with E-state index >= 15 is 0 Å². The molecule has 0 amide bonds. The maximum atomic E-state index is 5.70. The Morgan fingerprint density at radius 1 is 1.00 bits per heavy atom. The number of rotatable bonds is 7. The molecule has 30 heavy (non-hydrogen) atoms. The fourth-order valence-corrected chi connectivity index (χ4v) is 12.1. The Morgan fingerprint density at radius 3 is 2.17 bits per heavy atom. The summed E-state index contributed by atoms with van der Waals surface area (Å²) < 4.78 is 5.70. The van der Waals surface area contributed by atoms with Crippen molar-refractivity contribution in [2.75, 3.05) is 13.7 Å². The summed E-state index contributed by atoms with van der Waals surface area (Å²) >= 11 is 0. The lowest BCUT2D eigenvalue weighted by Gasteiger charge is -2.38. The van der Waals surface area contributed by atoms with Crippen LogP contribution in [-0.2, 0) is 4.74 Å². The molecule has 0 aliphatic heterocycles. The fraction of sp³-hybridized carbons (Fsp3) is 0.643. The number of ether oxygens (including phenoxy) is 1. The molecule has 2 aliphatic rings. The fourth-order valence-electron chi connectivity index (χ4n) is 6.84. The summed E-state index contributed by atoms with van der Waals surface area (Å²) in [6.45, 7) is 15.3. The van der Waals surface area contributed by atoms with E-state index in [1.54, 1.807) is 0 Å². The van der Waals surface area contributed by atoms with Crippen molar-refractivity contribution in [2.45, 2.75) is 77.4 Å². The van der Waals surface area contributed by atoms with E-state index in [1.165, 1.54) is 30.4 Å². The highest BCUT2D eigenvalue weighted by atomic mass is 28.3. The van der Waals surface area contributed by atoms with E-state index in [4.69, 9.17) is 4.74 Å². The first-order valence-corrected chi connectivity index (χ1v) is 14.3. The van der Waals surface area contributed by atoms with Crippen LogP contribution in [0.1, 0.15) is 66.4 Å². The van der Waals surface area contributed by atoms with Gasteiger partial charge in [0.25, 0.3) is 0 Å². The molecule has 2 bridgehead atoms. The minimum atomic E-state index is -1.69. The van der Waals surface area contributed by atoms with E-state index in [2.05, 4.69) is 89.4 Å². The molecule has 2 heteroatoms. The Bertz CT molecular complexity index is 758. The molecule has 1 nitrogen and oxygen atoms in total. The molecule has 2 saturated carbocycles. The molecule has 0 heterocycles. The van der Waals surface area contributed by atoms with Gasteiger partial charge in [0.1, 0.15) is 8.07 Å². The van der Waals surface area contributed by atoms with Crippen LogP contribution in [0.15, 0.2) is 35.9 Å². The number of fused-ring (bicyclic) bond motifs is 2. The number of hydrogen-bond donors (Lipinski definition) is 0. The summed E-state index contributed by atoms with van der Waals surface area (Å²) in [6, 6.07) is 10.8. The van der Waals surface area contributed by atoms with Crippen LogP contribution in [-0.4, -0.2) is 21.8 Å². The minimum Gasteiger partial charge on any atom is -0.380 e. The molecule has 0 aromatic heterocycles. The summed E-state index contributed by atoms with van der Waals surface area (Å²) in [5, 5.41) is 0. The standard InChI is InChI=1S/C28H42OSi/c1-20(2)30(21(3)4,22(5)6)16-15-27-24-13-14-25(18-24)28(27)26(19-29-7)17-23-11-9-8-10-12-23/h8-12,17,20-22,24-25,27-28H,13-14,18-19H2,1-7H3/b26-17+/t24-,25+,27+,28+/m1/s1. The molecule has 0 radical (unpaired) electrons. The van der Waals surface area contributed by atoms with Gasteiger partial charge >= 0.3 is 0 Å². The molecule has 2 aliphatic carbocycles. The van der Waals surface area contributed by atoms with Crippen molar-refractivity contribution in [1.29, 1.82) is 0 Å². The van der Waals surface area contributed by atoms with Gasteiger partial charge in [-0.2, -0.15) is 0 Å². The quantitative estimate of drug-likeness (QED) is 0.325. The number of benzene rings is 1. The molecular weight excluding hydrogens is 380 g/mol. The van der Waals surface area contributed by atoms with Crippen molar-refractivity contribution in [2.24, 2.45) is 23.7 Å². The van der Waals surface area contributed by atoms with Crippen LogP contribution >= 0.6 is 0 Å². The van der Waals surface area contributed by atoms with Gasteiger partial charge in [-0.05, 0) is 64.8 Å². The largest absolute Gasteiger partial charge is 0.380 e. The van der Waals surface area contributed by atoms with E-state index in [1.807, 2.05) is 7.11 Å². The molecular formula is C28H42OSi. The Labute approximate surface area is 186 Å². The minimum absolute atomic E-state index is 0.511. The summed E-state index contributed by atoms with van der Waals surface area (Å²) in [5.41, 5.74) is 8.90. The van der Waals surface area contributed by atoms with E-state index in [0.717, 1.165) is 18.4 Å². The molecule has 2 fully saturated rings. The first kappa shape index (κ1) is 23.4. The molecule has 1 aromatic carbocycles. The average Bonchev–Trinajstić information content (AvgIpc) is 3.30. The van der Waals surface area contributed by atoms with Gasteiger partial charge in [0.2, 0.25) is 0 Å². The van der Waals surface area contributed by atoms with Crippen molar-refractivity contribution in [3.05, 3.63) is 41.5 Å². The molecule has 0 spiro atoms. The molecule has 0 N–H and O–H groups in total. The highest BCUT2D eigenvalue weighted by Gasteiger charge is 2.49. The molecule has 4 atom stereocenters. The smallest absolute Gasteiger partial charge is 0.145 e. The summed E-state index contributed by atoms with van der Waals surface area (Å²) in [5.74, 6) is 6.63. The average molecular weight is 423 g/mol. The predicted octanol–water partition coefficient (Wildman–Crippen LogP) is 7.60. The summed E-state index contributed by atoms with van der Waals surface area (Å²) in [6.07, 6.45) is 6.48. The monoisotopic (exact) mass is 422 g/mol. The maximum Gasteiger partial charge on any atom is 0.145 e. The normalized spacial score (nSPS) is 26.5. The first-order chi connectivity index (χ1) is 14.3. The summed E-state index contributed by atoms with van der Waals surface area (Å²) in [7, 11) is 0.143. The van der Waals surface area contributed by atoms with Crippen molar-refractivity contribution in [3.8, 4) is 11.5 Å². The van der Waals surface area contributed by atoms with Gasteiger partial charge in [-0.3, -0.25) is 0 Å². The van der Waals surface area contributed by atoms with Gasteiger partial charge in [-0.1, -0.05) is 78.0 Å². The molecule has 1 aromatic rings. The highest BCUT2D eigenvalue weighted by Crippen LogP contribution is 2.55. The van der Waals surface area contributed by atoms with Crippen molar-refractivity contribution < 1.29 is 4.74 Å². The molecule has 0 unspecified atom stereocenters. The zero-order valence-electron chi connectivity index (χ0n) is 20.2. The Morgan fingerprint density at radius 2 is 1.60 bits per heavy atom. The van der Waals surface area contributed by atoms with Crippen LogP contribution in [0.3, 0.4) is 0 Å². The van der Waals surface area contributed by atoms with E-state index in [-0.39, 0.29) is 0 Å². The Kier molecular flexibility index (Phi) is 7.69. The number of methoxy groups -OCH3 is 1. The lowest BCUT2D eigenvalue weighted by molar-refractivity contribution is 0.199. The Hall–Kier alpha value is -1.30. The lowest BCUT2D eigenvalue weighted by atomic mass is 9.75. The third-order valence-corrected chi connectivity index (χ3v) is 14.4. The third kappa shape index (κ3) is 4.48. The van der Waals surface area contributed by atoms with Crippen LogP contribution in [0.2, 0.25) is 16.6 Å². The van der Waals surface area contributed by atoms with Gasteiger partial charge in [-0.15, -0.1) is 11.5 Å². The zero-order valence-corrected chi connectivity index (χ0v) is 21.2. The zero-order chi connectivity index (χ0) is 21.9. The van der Waals surface area contributed by atoms with Crippen LogP contribution in [0.4, 0.5) is 0 Å². The van der Waals surface area contributed by atoms with Gasteiger partial charge < -0.3 is 4.74 Å². The molecule has 0 saturated heterocycles. The summed E-state index contributed by atoms with van der Waals surface area (Å²) in [4.78, 5) is 0.